The number of aryl methyl sites for hydroxylation is 1. The van der Waals surface area contributed by atoms with Crippen molar-refractivity contribution in [1.29, 1.82) is 0 Å². The molecule has 2 heterocycles. The van der Waals surface area contributed by atoms with Crippen LogP contribution < -0.4 is 5.73 Å². The lowest BCUT2D eigenvalue weighted by molar-refractivity contribution is 0.0730. The molecule has 17 heavy (non-hydrogen) atoms. The van der Waals surface area contributed by atoms with Gasteiger partial charge in [-0.25, -0.2) is 8.42 Å². The van der Waals surface area contributed by atoms with Gasteiger partial charge < -0.3 is 14.9 Å². The fraction of sp³-hybridized carbons (Fsp3) is 0.600. The Morgan fingerprint density at radius 1 is 1.41 bits per heavy atom. The van der Waals surface area contributed by atoms with Gasteiger partial charge in [-0.3, -0.25) is 0 Å². The van der Waals surface area contributed by atoms with Crippen molar-refractivity contribution >= 4 is 10.0 Å². The standard InChI is InChI=1S/C10H16N2O4S/c1-8-10(6-9(7-11)16-8)17(13,14)12-2-4-15-5-3-12/h6H,2-5,7,11H2,1H3. The zero-order valence-electron chi connectivity index (χ0n) is 9.68. The van der Waals surface area contributed by atoms with E-state index in [9.17, 15) is 8.42 Å². The minimum Gasteiger partial charge on any atom is -0.464 e. The lowest BCUT2D eigenvalue weighted by Gasteiger charge is -2.25. The second kappa shape index (κ2) is 4.77. The van der Waals surface area contributed by atoms with Crippen molar-refractivity contribution in [3.05, 3.63) is 17.6 Å². The molecule has 1 saturated heterocycles. The second-order valence-electron chi connectivity index (χ2n) is 3.85. The van der Waals surface area contributed by atoms with Gasteiger partial charge in [0.25, 0.3) is 0 Å². The monoisotopic (exact) mass is 260 g/mol. The summed E-state index contributed by atoms with van der Waals surface area (Å²) in [5.41, 5.74) is 5.43. The largest absolute Gasteiger partial charge is 0.464 e. The topological polar surface area (TPSA) is 85.8 Å². The Morgan fingerprint density at radius 2 is 2.06 bits per heavy atom. The molecule has 0 aliphatic carbocycles. The van der Waals surface area contributed by atoms with Gasteiger partial charge in [-0.15, -0.1) is 0 Å². The molecule has 1 aromatic heterocycles. The molecule has 0 radical (unpaired) electrons. The van der Waals surface area contributed by atoms with Gasteiger partial charge in [-0.05, 0) is 6.92 Å². The van der Waals surface area contributed by atoms with E-state index in [2.05, 4.69) is 0 Å². The maximum atomic E-state index is 12.3. The average Bonchev–Trinajstić information content (AvgIpc) is 2.72. The van der Waals surface area contributed by atoms with Gasteiger partial charge in [0.05, 0.1) is 19.8 Å². The van der Waals surface area contributed by atoms with Crippen LogP contribution in [0.5, 0.6) is 0 Å². The fourth-order valence-electron chi connectivity index (χ4n) is 1.81. The molecule has 1 fully saturated rings. The van der Waals surface area contributed by atoms with Crippen LogP contribution in [-0.2, 0) is 21.3 Å². The highest BCUT2D eigenvalue weighted by molar-refractivity contribution is 7.89. The molecule has 2 rings (SSSR count). The Kier molecular flexibility index (Phi) is 3.53. The van der Waals surface area contributed by atoms with Crippen molar-refractivity contribution in [1.82, 2.24) is 4.31 Å². The molecule has 0 saturated carbocycles. The van der Waals surface area contributed by atoms with E-state index < -0.39 is 10.0 Å². The number of hydrogen-bond acceptors (Lipinski definition) is 5. The summed E-state index contributed by atoms with van der Waals surface area (Å²) in [6, 6.07) is 1.50. The Morgan fingerprint density at radius 3 is 2.59 bits per heavy atom. The van der Waals surface area contributed by atoms with Crippen LogP contribution in [0.25, 0.3) is 0 Å². The Balaban J connectivity index is 2.33. The first-order valence-corrected chi connectivity index (χ1v) is 6.87. The lowest BCUT2D eigenvalue weighted by Crippen LogP contribution is -2.40. The molecule has 0 aromatic carbocycles. The molecule has 1 aliphatic heterocycles. The first-order chi connectivity index (χ1) is 8.05. The van der Waals surface area contributed by atoms with Gasteiger partial charge in [0.15, 0.2) is 0 Å². The van der Waals surface area contributed by atoms with E-state index in [4.69, 9.17) is 14.9 Å². The van der Waals surface area contributed by atoms with Crippen molar-refractivity contribution in [2.75, 3.05) is 26.3 Å². The first kappa shape index (κ1) is 12.6. The van der Waals surface area contributed by atoms with E-state index in [0.29, 0.717) is 37.8 Å². The SMILES string of the molecule is Cc1oc(CN)cc1S(=O)(=O)N1CCOCC1. The number of sulfonamides is 1. The van der Waals surface area contributed by atoms with Crippen LogP contribution in [0.15, 0.2) is 15.4 Å². The summed E-state index contributed by atoms with van der Waals surface area (Å²) in [7, 11) is -3.48. The Hall–Kier alpha value is -0.890. The number of hydrogen-bond donors (Lipinski definition) is 1. The summed E-state index contributed by atoms with van der Waals surface area (Å²) in [6.45, 7) is 3.45. The molecule has 1 aliphatic rings. The smallest absolute Gasteiger partial charge is 0.246 e. The second-order valence-corrected chi connectivity index (χ2v) is 5.76. The third-order valence-corrected chi connectivity index (χ3v) is 4.72. The zero-order valence-corrected chi connectivity index (χ0v) is 10.5. The van der Waals surface area contributed by atoms with Gasteiger partial charge in [0.1, 0.15) is 16.4 Å². The molecule has 0 spiro atoms. The summed E-state index contributed by atoms with van der Waals surface area (Å²) in [4.78, 5) is 0.208. The van der Waals surface area contributed by atoms with E-state index in [0.717, 1.165) is 0 Å². The third-order valence-electron chi connectivity index (χ3n) is 2.71. The van der Waals surface area contributed by atoms with Gasteiger partial charge in [0.2, 0.25) is 10.0 Å². The zero-order chi connectivity index (χ0) is 12.5. The summed E-state index contributed by atoms with van der Waals surface area (Å²) < 4.78 is 36.4. The minimum absolute atomic E-state index is 0.194. The maximum Gasteiger partial charge on any atom is 0.246 e. The maximum absolute atomic E-state index is 12.3. The molecule has 0 bridgehead atoms. The number of furan rings is 1. The molecule has 0 atom stereocenters. The Labute approximate surface area is 100 Å². The lowest BCUT2D eigenvalue weighted by atomic mass is 10.4. The van der Waals surface area contributed by atoms with Crippen LogP contribution in [0.3, 0.4) is 0 Å². The van der Waals surface area contributed by atoms with Crippen LogP contribution in [0, 0.1) is 6.92 Å². The minimum atomic E-state index is -3.48. The van der Waals surface area contributed by atoms with Gasteiger partial charge in [-0.1, -0.05) is 0 Å². The van der Waals surface area contributed by atoms with E-state index in [1.165, 1.54) is 10.4 Å². The van der Waals surface area contributed by atoms with Gasteiger partial charge >= 0.3 is 0 Å². The van der Waals surface area contributed by atoms with E-state index in [1.807, 2.05) is 0 Å². The molecule has 6 nitrogen and oxygen atoms in total. The highest BCUT2D eigenvalue weighted by Crippen LogP contribution is 2.24. The van der Waals surface area contributed by atoms with Crippen molar-refractivity contribution < 1.29 is 17.6 Å². The Bertz CT molecular complexity index is 488. The van der Waals surface area contributed by atoms with Crippen LogP contribution in [0.1, 0.15) is 11.5 Å². The number of morpholine rings is 1. The fourth-order valence-corrected chi connectivity index (χ4v) is 3.40. The highest BCUT2D eigenvalue weighted by atomic mass is 32.2. The molecule has 1 aromatic rings. The molecular weight excluding hydrogens is 244 g/mol. The van der Waals surface area contributed by atoms with Crippen molar-refractivity contribution in [3.63, 3.8) is 0 Å². The van der Waals surface area contributed by atoms with Crippen LogP contribution in [-0.4, -0.2) is 39.0 Å². The molecule has 0 amide bonds. The number of rotatable bonds is 3. The van der Waals surface area contributed by atoms with Crippen molar-refractivity contribution in [2.24, 2.45) is 5.73 Å². The van der Waals surface area contributed by atoms with Crippen molar-refractivity contribution in [3.8, 4) is 0 Å². The predicted molar refractivity (Wildman–Crippen MR) is 60.9 cm³/mol. The summed E-state index contributed by atoms with van der Waals surface area (Å²) in [6.07, 6.45) is 0. The first-order valence-electron chi connectivity index (χ1n) is 5.43. The molecule has 0 unspecified atom stereocenters. The predicted octanol–water partition coefficient (Wildman–Crippen LogP) is 0.0676. The number of nitrogens with two attached hydrogens (primary N) is 1. The number of ether oxygens (including phenoxy) is 1. The van der Waals surface area contributed by atoms with Gasteiger partial charge in [0, 0.05) is 19.2 Å². The molecule has 7 heteroatoms. The molecular formula is C10H16N2O4S. The van der Waals surface area contributed by atoms with Crippen LogP contribution in [0.2, 0.25) is 0 Å². The average molecular weight is 260 g/mol. The number of nitrogens with zero attached hydrogens (tertiary/aromatic N) is 1. The highest BCUT2D eigenvalue weighted by Gasteiger charge is 2.29. The summed E-state index contributed by atoms with van der Waals surface area (Å²) in [5.74, 6) is 0.867. The summed E-state index contributed by atoms with van der Waals surface area (Å²) in [5, 5.41) is 0. The van der Waals surface area contributed by atoms with Crippen molar-refractivity contribution in [2.45, 2.75) is 18.4 Å². The normalized spacial score (nSPS) is 18.5. The van der Waals surface area contributed by atoms with Crippen LogP contribution >= 0.6 is 0 Å². The quantitative estimate of drug-likeness (QED) is 0.831. The van der Waals surface area contributed by atoms with E-state index >= 15 is 0 Å². The van der Waals surface area contributed by atoms with E-state index in [-0.39, 0.29) is 11.4 Å². The summed E-state index contributed by atoms with van der Waals surface area (Å²) >= 11 is 0. The molecule has 2 N–H and O–H groups in total. The molecule has 96 valence electrons. The van der Waals surface area contributed by atoms with Gasteiger partial charge in [-0.2, -0.15) is 4.31 Å². The van der Waals surface area contributed by atoms with Crippen LogP contribution in [0.4, 0.5) is 0 Å². The van der Waals surface area contributed by atoms with E-state index in [1.54, 1.807) is 6.92 Å². The third kappa shape index (κ3) is 2.37.